The Hall–Kier alpha value is -2.12. The minimum Gasteiger partial charge on any atom is -0.462 e. The Balaban J connectivity index is 2.21. The fourth-order valence-corrected chi connectivity index (χ4v) is 4.48. The number of anilines is 1. The Bertz CT molecular complexity index is 990. The first-order valence-electron chi connectivity index (χ1n) is 7.73. The molecule has 0 aliphatic heterocycles. The smallest absolute Gasteiger partial charge is 0.349 e. The third kappa shape index (κ3) is 3.21. The Morgan fingerprint density at radius 2 is 1.88 bits per heavy atom. The second-order valence-electron chi connectivity index (χ2n) is 5.60. The van der Waals surface area contributed by atoms with Gasteiger partial charge in [-0.05, 0) is 53.2 Å². The molecule has 0 N–H and O–H groups in total. The summed E-state index contributed by atoms with van der Waals surface area (Å²) >= 11 is 4.72. The Morgan fingerprint density at radius 3 is 2.48 bits per heavy atom. The second kappa shape index (κ2) is 7.01. The van der Waals surface area contributed by atoms with Crippen molar-refractivity contribution in [3.05, 3.63) is 56.1 Å². The lowest BCUT2D eigenvalue weighted by Crippen LogP contribution is -2.16. The zero-order valence-electron chi connectivity index (χ0n) is 14.1. The van der Waals surface area contributed by atoms with Crippen molar-refractivity contribution in [2.45, 2.75) is 6.92 Å². The highest BCUT2D eigenvalue weighted by molar-refractivity contribution is 9.10. The van der Waals surface area contributed by atoms with Crippen LogP contribution in [0.15, 0.2) is 45.7 Å². The molecule has 3 aromatic rings. The number of rotatable bonds is 4. The lowest BCUT2D eigenvalue weighted by molar-refractivity contribution is 0.0531. The molecule has 7 heteroatoms. The van der Waals surface area contributed by atoms with Gasteiger partial charge in [0.15, 0.2) is 0 Å². The fraction of sp³-hybridized carbons (Fsp3) is 0.222. The molecule has 5 nitrogen and oxygen atoms in total. The molecule has 2 aromatic heterocycles. The Kier molecular flexibility index (Phi) is 4.96. The van der Waals surface area contributed by atoms with Crippen LogP contribution < -0.4 is 10.5 Å². The summed E-state index contributed by atoms with van der Waals surface area (Å²) in [7, 11) is 3.92. The first kappa shape index (κ1) is 17.7. The van der Waals surface area contributed by atoms with Gasteiger partial charge in [-0.25, -0.2) is 4.79 Å². The van der Waals surface area contributed by atoms with Crippen molar-refractivity contribution in [3.63, 3.8) is 0 Å². The quantitative estimate of drug-likeness (QED) is 0.597. The van der Waals surface area contributed by atoms with E-state index in [2.05, 4.69) is 15.9 Å². The van der Waals surface area contributed by atoms with E-state index >= 15 is 0 Å². The van der Waals surface area contributed by atoms with Crippen molar-refractivity contribution in [3.8, 4) is 5.69 Å². The number of nitrogens with zero attached hydrogens (tertiary/aromatic N) is 2. The largest absolute Gasteiger partial charge is 0.462 e. The number of fused-ring (bicyclic) bond motifs is 1. The molecule has 0 aliphatic carbocycles. The maximum atomic E-state index is 12.5. The van der Waals surface area contributed by atoms with Crippen molar-refractivity contribution >= 4 is 49.1 Å². The van der Waals surface area contributed by atoms with E-state index in [1.807, 2.05) is 43.3 Å². The number of hydrogen-bond donors (Lipinski definition) is 0. The van der Waals surface area contributed by atoms with Crippen LogP contribution in [0.1, 0.15) is 16.6 Å². The SMILES string of the molecule is CCOC(=O)c1sc2c(ccc(=O)n2-c2ccc(N(C)C)cc2)c1Br. The molecule has 0 unspecified atom stereocenters. The summed E-state index contributed by atoms with van der Waals surface area (Å²) < 4.78 is 7.38. The van der Waals surface area contributed by atoms with Gasteiger partial charge in [-0.2, -0.15) is 0 Å². The van der Waals surface area contributed by atoms with E-state index in [1.165, 1.54) is 17.4 Å². The highest BCUT2D eigenvalue weighted by atomic mass is 79.9. The predicted octanol–water partition coefficient (Wildman–Crippen LogP) is 4.06. The van der Waals surface area contributed by atoms with E-state index in [4.69, 9.17) is 4.74 Å². The molecule has 0 atom stereocenters. The van der Waals surface area contributed by atoms with Gasteiger partial charge in [0, 0.05) is 31.2 Å². The summed E-state index contributed by atoms with van der Waals surface area (Å²) in [4.78, 5) is 27.8. The summed E-state index contributed by atoms with van der Waals surface area (Å²) in [6.07, 6.45) is 0. The summed E-state index contributed by atoms with van der Waals surface area (Å²) in [5.41, 5.74) is 1.66. The first-order chi connectivity index (χ1) is 11.9. The number of halogens is 1. The van der Waals surface area contributed by atoms with Gasteiger partial charge >= 0.3 is 5.97 Å². The number of ether oxygens (including phenoxy) is 1. The van der Waals surface area contributed by atoms with Gasteiger partial charge in [0.25, 0.3) is 5.56 Å². The summed E-state index contributed by atoms with van der Waals surface area (Å²) in [6.45, 7) is 2.07. The van der Waals surface area contributed by atoms with Crippen LogP contribution in [0.4, 0.5) is 5.69 Å². The monoisotopic (exact) mass is 420 g/mol. The van der Waals surface area contributed by atoms with Crippen molar-refractivity contribution in [2.24, 2.45) is 0 Å². The highest BCUT2D eigenvalue weighted by Gasteiger charge is 2.20. The van der Waals surface area contributed by atoms with Crippen LogP contribution in [-0.4, -0.2) is 31.2 Å². The maximum absolute atomic E-state index is 12.5. The summed E-state index contributed by atoms with van der Waals surface area (Å²) in [5.74, 6) is -0.391. The number of benzene rings is 1. The first-order valence-corrected chi connectivity index (χ1v) is 9.34. The van der Waals surface area contributed by atoms with E-state index in [9.17, 15) is 9.59 Å². The van der Waals surface area contributed by atoms with Crippen LogP contribution >= 0.6 is 27.3 Å². The summed E-state index contributed by atoms with van der Waals surface area (Å²) in [6, 6.07) is 10.9. The van der Waals surface area contributed by atoms with E-state index in [0.29, 0.717) is 20.8 Å². The third-order valence-electron chi connectivity index (χ3n) is 3.77. The molecule has 1 aromatic carbocycles. The van der Waals surface area contributed by atoms with Gasteiger partial charge < -0.3 is 9.64 Å². The van der Waals surface area contributed by atoms with E-state index < -0.39 is 5.97 Å². The van der Waals surface area contributed by atoms with Gasteiger partial charge in [0.05, 0.1) is 16.8 Å². The van der Waals surface area contributed by atoms with Crippen LogP contribution in [0, 0.1) is 0 Å². The number of esters is 1. The number of carbonyl (C=O) groups excluding carboxylic acids is 1. The molecular formula is C18H17BrN2O3S. The van der Waals surface area contributed by atoms with E-state index in [0.717, 1.165) is 16.8 Å². The van der Waals surface area contributed by atoms with Crippen LogP contribution in [0.5, 0.6) is 0 Å². The van der Waals surface area contributed by atoms with E-state index in [1.54, 1.807) is 17.6 Å². The minimum absolute atomic E-state index is 0.144. The topological polar surface area (TPSA) is 51.5 Å². The number of hydrogen-bond acceptors (Lipinski definition) is 5. The molecule has 0 amide bonds. The maximum Gasteiger partial charge on any atom is 0.349 e. The van der Waals surface area contributed by atoms with Crippen molar-refractivity contribution in [1.29, 1.82) is 0 Å². The molecule has 0 fully saturated rings. The van der Waals surface area contributed by atoms with Gasteiger partial charge in [-0.3, -0.25) is 9.36 Å². The lowest BCUT2D eigenvalue weighted by Gasteiger charge is -2.13. The Labute approximate surface area is 157 Å². The molecule has 0 radical (unpaired) electrons. The van der Waals surface area contributed by atoms with Crippen LogP contribution in [0.2, 0.25) is 0 Å². The normalized spacial score (nSPS) is 10.9. The standard InChI is InChI=1S/C18H17BrN2O3S/c1-4-24-18(23)16-15(19)13-9-10-14(22)21(17(13)25-16)12-7-5-11(6-8-12)20(2)3/h5-10H,4H2,1-3H3. The molecule has 0 saturated heterocycles. The molecule has 0 bridgehead atoms. The molecule has 130 valence electrons. The molecule has 0 saturated carbocycles. The van der Waals surface area contributed by atoms with E-state index in [-0.39, 0.29) is 5.56 Å². The third-order valence-corrected chi connectivity index (χ3v) is 6.02. The zero-order chi connectivity index (χ0) is 18.1. The van der Waals surface area contributed by atoms with Crippen molar-refractivity contribution < 1.29 is 9.53 Å². The van der Waals surface area contributed by atoms with Crippen LogP contribution in [-0.2, 0) is 4.74 Å². The average Bonchev–Trinajstić information content (AvgIpc) is 2.92. The second-order valence-corrected chi connectivity index (χ2v) is 7.39. The average molecular weight is 421 g/mol. The highest BCUT2D eigenvalue weighted by Crippen LogP contribution is 2.36. The molecule has 3 rings (SSSR count). The van der Waals surface area contributed by atoms with Gasteiger partial charge in [0.1, 0.15) is 9.71 Å². The summed E-state index contributed by atoms with van der Waals surface area (Å²) in [5, 5.41) is 0.810. The number of aromatic nitrogens is 1. The van der Waals surface area contributed by atoms with Crippen LogP contribution in [0.25, 0.3) is 15.9 Å². The molecule has 25 heavy (non-hydrogen) atoms. The molecule has 2 heterocycles. The minimum atomic E-state index is -0.391. The lowest BCUT2D eigenvalue weighted by atomic mass is 10.2. The van der Waals surface area contributed by atoms with Gasteiger partial charge in [-0.1, -0.05) is 0 Å². The molecular weight excluding hydrogens is 404 g/mol. The van der Waals surface area contributed by atoms with Gasteiger partial charge in [-0.15, -0.1) is 11.3 Å². The molecule has 0 aliphatic rings. The van der Waals surface area contributed by atoms with Crippen molar-refractivity contribution in [2.75, 3.05) is 25.6 Å². The number of pyridine rings is 1. The fourth-order valence-electron chi connectivity index (χ4n) is 2.52. The predicted molar refractivity (Wildman–Crippen MR) is 105 cm³/mol. The Morgan fingerprint density at radius 1 is 1.20 bits per heavy atom. The number of thiophene rings is 1. The van der Waals surface area contributed by atoms with Crippen LogP contribution in [0.3, 0.4) is 0 Å². The molecule has 0 spiro atoms. The van der Waals surface area contributed by atoms with Crippen molar-refractivity contribution in [1.82, 2.24) is 4.57 Å². The number of carbonyl (C=O) groups is 1. The van der Waals surface area contributed by atoms with Gasteiger partial charge in [0.2, 0.25) is 0 Å². The zero-order valence-corrected chi connectivity index (χ0v) is 16.5.